The maximum absolute atomic E-state index is 13.3. The van der Waals surface area contributed by atoms with E-state index in [4.69, 9.17) is 18.9 Å². The Morgan fingerprint density at radius 1 is 0.571 bits per heavy atom. The van der Waals surface area contributed by atoms with E-state index < -0.39 is 70.7 Å². The highest BCUT2D eigenvalue weighted by molar-refractivity contribution is 6.01. The average molecular weight is 703 g/mol. The van der Waals surface area contributed by atoms with Crippen molar-refractivity contribution in [1.82, 2.24) is 26.6 Å². The van der Waals surface area contributed by atoms with Gasteiger partial charge in [0.1, 0.15) is 34.5 Å². The highest BCUT2D eigenvalue weighted by atomic mass is 16.6. The zero-order valence-corrected chi connectivity index (χ0v) is 31.1. The first kappa shape index (κ1) is 44.7. The van der Waals surface area contributed by atoms with Gasteiger partial charge in [0.15, 0.2) is 0 Å². The number of amides is 5. The minimum atomic E-state index is -1.28. The fraction of sp³-hybridized carbons (Fsp3) is 0.781. The second-order valence-electron chi connectivity index (χ2n) is 15.1. The van der Waals surface area contributed by atoms with Gasteiger partial charge in [0.05, 0.1) is 0 Å². The van der Waals surface area contributed by atoms with Gasteiger partial charge < -0.3 is 40.0 Å². The first-order valence-corrected chi connectivity index (χ1v) is 16.2. The molecule has 6 N–H and O–H groups in total. The van der Waals surface area contributed by atoms with Crippen LogP contribution in [0.25, 0.3) is 0 Å². The number of aliphatic imine (C=N–C) groups is 1. The molecule has 0 aromatic rings. The molecule has 17 heteroatoms. The Bertz CT molecular complexity index is 1130. The van der Waals surface area contributed by atoms with Crippen molar-refractivity contribution >= 4 is 42.2 Å². The zero-order chi connectivity index (χ0) is 38.2. The third kappa shape index (κ3) is 25.4. The second kappa shape index (κ2) is 19.6. The molecule has 0 spiro atoms. The summed E-state index contributed by atoms with van der Waals surface area (Å²) in [5, 5.41) is 22.0. The Labute approximate surface area is 289 Å². The van der Waals surface area contributed by atoms with E-state index in [1.807, 2.05) is 0 Å². The smallest absolute Gasteiger partial charge is 0.414 e. The molecule has 0 saturated heterocycles. The predicted molar refractivity (Wildman–Crippen MR) is 181 cm³/mol. The van der Waals surface area contributed by atoms with E-state index in [2.05, 4.69) is 31.6 Å². The van der Waals surface area contributed by atoms with Gasteiger partial charge in [0.2, 0.25) is 11.9 Å². The molecule has 0 radical (unpaired) electrons. The number of hydrogen-bond acceptors (Lipinski definition) is 11. The average Bonchev–Trinajstić information content (AvgIpc) is 2.84. The number of hydrogen-bond donors (Lipinski definition) is 6. The van der Waals surface area contributed by atoms with Gasteiger partial charge in [-0.1, -0.05) is 0 Å². The van der Waals surface area contributed by atoms with Gasteiger partial charge in [-0.15, -0.1) is 0 Å². The molecule has 0 fully saturated rings. The van der Waals surface area contributed by atoms with Crippen LogP contribution in [0, 0.1) is 0 Å². The van der Waals surface area contributed by atoms with Crippen molar-refractivity contribution in [2.24, 2.45) is 4.99 Å². The number of carbonyl (C=O) groups is 6. The summed E-state index contributed by atoms with van der Waals surface area (Å²) in [5.41, 5.74) is -3.20. The monoisotopic (exact) mass is 702 g/mol. The van der Waals surface area contributed by atoms with Crippen LogP contribution >= 0.6 is 0 Å². The van der Waals surface area contributed by atoms with Gasteiger partial charge in [-0.05, 0) is 115 Å². The number of guanidine groups is 1. The van der Waals surface area contributed by atoms with E-state index in [0.29, 0.717) is 12.8 Å². The number of carboxylic acids is 1. The normalized spacial score (nSPS) is 13.1. The molecule has 0 aliphatic rings. The van der Waals surface area contributed by atoms with E-state index in [1.54, 1.807) is 83.1 Å². The standard InChI is InChI=1S/C32H58N6O11/c1-29(2,3)46-25(42)34-18-14-13-16-21(23(40)41)35-22(39)20(36-26(43)47-30(4,5)6)17-15-19-33-24(37-27(44)48-31(7,8)9)38-28(45)49-32(10,11)12/h20-21H,13-19H2,1-12H3,(H,34,42)(H,35,39)(H,36,43)(H,40,41)(H2,33,37,38,44,45)/t20-,21-/m0/s1. The Kier molecular flexibility index (Phi) is 17.9. The molecule has 2 atom stereocenters. The second-order valence-corrected chi connectivity index (χ2v) is 15.1. The number of carbonyl (C=O) groups excluding carboxylic acids is 5. The molecule has 0 aromatic carbocycles. The van der Waals surface area contributed by atoms with Crippen LogP contribution in [-0.2, 0) is 28.5 Å². The minimum absolute atomic E-state index is 0.0210. The van der Waals surface area contributed by atoms with Crippen LogP contribution in [0.1, 0.15) is 115 Å². The number of nitrogens with zero attached hydrogens (tertiary/aromatic N) is 1. The highest BCUT2D eigenvalue weighted by Crippen LogP contribution is 2.11. The van der Waals surface area contributed by atoms with Crippen molar-refractivity contribution in [3.63, 3.8) is 0 Å². The van der Waals surface area contributed by atoms with Crippen molar-refractivity contribution < 1.29 is 52.8 Å². The molecular formula is C32H58N6O11. The topological polar surface area (TPSA) is 232 Å². The molecule has 282 valence electrons. The van der Waals surface area contributed by atoms with Crippen LogP contribution in [-0.4, -0.2) is 94.9 Å². The van der Waals surface area contributed by atoms with Crippen LogP contribution in [0.3, 0.4) is 0 Å². The van der Waals surface area contributed by atoms with Gasteiger partial charge in [-0.2, -0.15) is 0 Å². The zero-order valence-electron chi connectivity index (χ0n) is 31.1. The Morgan fingerprint density at radius 2 is 1.00 bits per heavy atom. The Morgan fingerprint density at radius 3 is 1.45 bits per heavy atom. The summed E-state index contributed by atoms with van der Waals surface area (Å²) < 4.78 is 20.9. The van der Waals surface area contributed by atoms with E-state index >= 15 is 0 Å². The lowest BCUT2D eigenvalue weighted by Crippen LogP contribution is -2.52. The molecule has 0 saturated carbocycles. The van der Waals surface area contributed by atoms with Crippen molar-refractivity contribution in [2.45, 2.75) is 150 Å². The summed E-state index contributed by atoms with van der Waals surface area (Å²) in [6.07, 6.45) is -2.31. The molecular weight excluding hydrogens is 644 g/mol. The van der Waals surface area contributed by atoms with E-state index in [-0.39, 0.29) is 38.3 Å². The number of ether oxygens (including phenoxy) is 4. The molecule has 0 aliphatic carbocycles. The van der Waals surface area contributed by atoms with Crippen LogP contribution in [0.15, 0.2) is 4.99 Å². The molecule has 0 unspecified atom stereocenters. The SMILES string of the molecule is CC(C)(C)OC(=O)NCCCC[C@H](NC(=O)[C@H](CCCN=C(NC(=O)OC(C)(C)C)NC(=O)OC(C)(C)C)NC(=O)OC(C)(C)C)C(=O)O. The Hall–Kier alpha value is -4.31. The van der Waals surface area contributed by atoms with Gasteiger partial charge in [-0.3, -0.25) is 20.4 Å². The molecule has 0 aliphatic heterocycles. The van der Waals surface area contributed by atoms with Gasteiger partial charge in [0, 0.05) is 13.1 Å². The molecule has 0 heterocycles. The van der Waals surface area contributed by atoms with Crippen LogP contribution < -0.4 is 26.6 Å². The summed E-state index contributed by atoms with van der Waals surface area (Å²) in [5.74, 6) is -2.31. The number of carboxylic acid groups (broad SMARTS) is 1. The molecule has 0 bridgehead atoms. The van der Waals surface area contributed by atoms with Crippen LogP contribution in [0.4, 0.5) is 19.2 Å². The van der Waals surface area contributed by atoms with Crippen molar-refractivity contribution in [1.29, 1.82) is 0 Å². The summed E-state index contributed by atoms with van der Waals surface area (Å²) >= 11 is 0. The molecule has 5 amide bonds. The summed E-state index contributed by atoms with van der Waals surface area (Å²) in [6, 6.07) is -2.50. The molecule has 0 aromatic heterocycles. The maximum atomic E-state index is 13.3. The van der Waals surface area contributed by atoms with E-state index in [1.165, 1.54) is 0 Å². The Balaban J connectivity index is 5.62. The number of nitrogens with one attached hydrogen (secondary N) is 5. The lowest BCUT2D eigenvalue weighted by molar-refractivity contribution is -0.142. The lowest BCUT2D eigenvalue weighted by atomic mass is 10.1. The number of unbranched alkanes of at least 4 members (excludes halogenated alkanes) is 1. The summed E-state index contributed by atoms with van der Waals surface area (Å²) in [7, 11) is 0. The lowest BCUT2D eigenvalue weighted by Gasteiger charge is -2.24. The van der Waals surface area contributed by atoms with Crippen molar-refractivity contribution in [3.8, 4) is 0 Å². The van der Waals surface area contributed by atoms with Gasteiger partial charge >= 0.3 is 30.3 Å². The first-order valence-electron chi connectivity index (χ1n) is 16.2. The fourth-order valence-corrected chi connectivity index (χ4v) is 3.62. The van der Waals surface area contributed by atoms with E-state index in [0.717, 1.165) is 0 Å². The summed E-state index contributed by atoms with van der Waals surface area (Å²) in [4.78, 5) is 78.5. The first-order chi connectivity index (χ1) is 22.2. The van der Waals surface area contributed by atoms with Gasteiger partial charge in [0.25, 0.3) is 0 Å². The number of alkyl carbamates (subject to hydrolysis) is 4. The third-order valence-corrected chi connectivity index (χ3v) is 5.37. The van der Waals surface area contributed by atoms with Crippen molar-refractivity contribution in [2.75, 3.05) is 13.1 Å². The molecule has 0 rings (SSSR count). The number of rotatable bonds is 13. The highest BCUT2D eigenvalue weighted by Gasteiger charge is 2.28. The maximum Gasteiger partial charge on any atom is 0.414 e. The number of aliphatic carboxylic acids is 1. The quantitative estimate of drug-likeness (QED) is 0.0684. The van der Waals surface area contributed by atoms with Crippen LogP contribution in [0.2, 0.25) is 0 Å². The van der Waals surface area contributed by atoms with Crippen LogP contribution in [0.5, 0.6) is 0 Å². The largest absolute Gasteiger partial charge is 0.480 e. The fourth-order valence-electron chi connectivity index (χ4n) is 3.62. The molecule has 49 heavy (non-hydrogen) atoms. The predicted octanol–water partition coefficient (Wildman–Crippen LogP) is 4.33. The van der Waals surface area contributed by atoms with Gasteiger partial charge in [-0.25, -0.2) is 24.0 Å². The summed E-state index contributed by atoms with van der Waals surface area (Å²) in [6.45, 7) is 20.3. The molecule has 17 nitrogen and oxygen atoms in total. The van der Waals surface area contributed by atoms with E-state index in [9.17, 15) is 33.9 Å². The van der Waals surface area contributed by atoms with Crippen molar-refractivity contribution in [3.05, 3.63) is 0 Å². The third-order valence-electron chi connectivity index (χ3n) is 5.37. The minimum Gasteiger partial charge on any atom is -0.480 e.